The van der Waals surface area contributed by atoms with Crippen LogP contribution in [0.25, 0.3) is 0 Å². The van der Waals surface area contributed by atoms with Gasteiger partial charge in [0.2, 0.25) is 5.88 Å². The SMILES string of the molecule is CCCc1nc(N)cc(Oc2ccccc2F)n1. The van der Waals surface area contributed by atoms with Gasteiger partial charge in [-0.1, -0.05) is 19.1 Å². The molecular weight excluding hydrogens is 233 g/mol. The largest absolute Gasteiger partial charge is 0.436 e. The van der Waals surface area contributed by atoms with E-state index in [1.807, 2.05) is 6.92 Å². The molecule has 0 atom stereocenters. The number of halogens is 1. The zero-order valence-electron chi connectivity index (χ0n) is 10.1. The molecule has 0 aliphatic heterocycles. The van der Waals surface area contributed by atoms with Crippen molar-refractivity contribution in [1.29, 1.82) is 0 Å². The van der Waals surface area contributed by atoms with Crippen LogP contribution in [0.15, 0.2) is 30.3 Å². The van der Waals surface area contributed by atoms with Gasteiger partial charge in [0, 0.05) is 12.5 Å². The molecule has 5 heteroatoms. The summed E-state index contributed by atoms with van der Waals surface area (Å²) in [7, 11) is 0. The van der Waals surface area contributed by atoms with Crippen molar-refractivity contribution in [2.75, 3.05) is 5.73 Å². The number of rotatable bonds is 4. The number of nitrogens with zero attached hydrogens (tertiary/aromatic N) is 2. The molecule has 1 aromatic carbocycles. The minimum atomic E-state index is -0.438. The molecule has 0 amide bonds. The summed E-state index contributed by atoms with van der Waals surface area (Å²) in [5.74, 6) is 0.865. The van der Waals surface area contributed by atoms with Crippen LogP contribution in [0.2, 0.25) is 0 Å². The van der Waals surface area contributed by atoms with E-state index < -0.39 is 5.82 Å². The lowest BCUT2D eigenvalue weighted by atomic mass is 10.3. The van der Waals surface area contributed by atoms with Crippen LogP contribution in [-0.2, 0) is 6.42 Å². The van der Waals surface area contributed by atoms with Crippen LogP contribution in [0.5, 0.6) is 11.6 Å². The molecule has 0 aliphatic carbocycles. The molecule has 0 aliphatic rings. The number of aryl methyl sites for hydroxylation is 1. The average Bonchev–Trinajstić information content (AvgIpc) is 2.32. The maximum atomic E-state index is 13.4. The lowest BCUT2D eigenvalue weighted by Crippen LogP contribution is -2.01. The molecular formula is C13H14FN3O. The van der Waals surface area contributed by atoms with Crippen molar-refractivity contribution in [3.63, 3.8) is 0 Å². The number of benzene rings is 1. The van der Waals surface area contributed by atoms with Crippen molar-refractivity contribution in [2.24, 2.45) is 0 Å². The molecule has 0 spiro atoms. The number of hydrogen-bond donors (Lipinski definition) is 1. The molecule has 0 radical (unpaired) electrons. The molecule has 0 fully saturated rings. The molecule has 94 valence electrons. The fraction of sp³-hybridized carbons (Fsp3) is 0.231. The first-order chi connectivity index (χ1) is 8.69. The zero-order chi connectivity index (χ0) is 13.0. The van der Waals surface area contributed by atoms with Crippen molar-refractivity contribution < 1.29 is 9.13 Å². The highest BCUT2D eigenvalue weighted by Crippen LogP contribution is 2.23. The first kappa shape index (κ1) is 12.3. The molecule has 0 bridgehead atoms. The Kier molecular flexibility index (Phi) is 3.72. The molecule has 1 heterocycles. The third-order valence-electron chi connectivity index (χ3n) is 2.29. The van der Waals surface area contributed by atoms with Gasteiger partial charge >= 0.3 is 0 Å². The highest BCUT2D eigenvalue weighted by atomic mass is 19.1. The minimum Gasteiger partial charge on any atom is -0.436 e. The third-order valence-corrected chi connectivity index (χ3v) is 2.29. The molecule has 2 N–H and O–H groups in total. The first-order valence-electron chi connectivity index (χ1n) is 5.75. The number of nitrogens with two attached hydrogens (primary N) is 1. The topological polar surface area (TPSA) is 61.0 Å². The second-order valence-corrected chi connectivity index (χ2v) is 3.83. The van der Waals surface area contributed by atoms with Crippen LogP contribution >= 0.6 is 0 Å². The van der Waals surface area contributed by atoms with Gasteiger partial charge < -0.3 is 10.5 Å². The molecule has 2 rings (SSSR count). The highest BCUT2D eigenvalue weighted by molar-refractivity contribution is 5.36. The van der Waals surface area contributed by atoms with E-state index >= 15 is 0 Å². The number of para-hydroxylation sites is 1. The molecule has 0 unspecified atom stereocenters. The molecule has 1 aromatic heterocycles. The third kappa shape index (κ3) is 2.94. The van der Waals surface area contributed by atoms with Crippen molar-refractivity contribution in [1.82, 2.24) is 9.97 Å². The number of ether oxygens (including phenoxy) is 1. The maximum absolute atomic E-state index is 13.4. The van der Waals surface area contributed by atoms with E-state index in [-0.39, 0.29) is 11.6 Å². The lowest BCUT2D eigenvalue weighted by molar-refractivity contribution is 0.424. The number of aromatic nitrogens is 2. The molecule has 0 saturated heterocycles. The molecule has 0 saturated carbocycles. The second kappa shape index (κ2) is 5.44. The normalized spacial score (nSPS) is 10.3. The highest BCUT2D eigenvalue weighted by Gasteiger charge is 2.07. The predicted molar refractivity (Wildman–Crippen MR) is 66.9 cm³/mol. The van der Waals surface area contributed by atoms with E-state index in [1.165, 1.54) is 18.2 Å². The van der Waals surface area contributed by atoms with Gasteiger partial charge in [0.1, 0.15) is 11.6 Å². The fourth-order valence-corrected chi connectivity index (χ4v) is 1.52. The quantitative estimate of drug-likeness (QED) is 0.902. The van der Waals surface area contributed by atoms with E-state index in [4.69, 9.17) is 10.5 Å². The number of hydrogen-bond acceptors (Lipinski definition) is 4. The van der Waals surface area contributed by atoms with Crippen LogP contribution in [0, 0.1) is 5.82 Å². The van der Waals surface area contributed by atoms with Gasteiger partial charge in [-0.05, 0) is 18.6 Å². The summed E-state index contributed by atoms with van der Waals surface area (Å²) in [5, 5.41) is 0. The van der Waals surface area contributed by atoms with Gasteiger partial charge in [0.05, 0.1) is 0 Å². The second-order valence-electron chi connectivity index (χ2n) is 3.83. The summed E-state index contributed by atoms with van der Waals surface area (Å²) in [6.07, 6.45) is 1.61. The van der Waals surface area contributed by atoms with Crippen LogP contribution < -0.4 is 10.5 Å². The van der Waals surface area contributed by atoms with Crippen LogP contribution in [0.1, 0.15) is 19.2 Å². The van der Waals surface area contributed by atoms with Gasteiger partial charge in [-0.2, -0.15) is 4.98 Å². The number of anilines is 1. The van der Waals surface area contributed by atoms with Gasteiger partial charge in [0.15, 0.2) is 11.6 Å². The Balaban J connectivity index is 2.26. The van der Waals surface area contributed by atoms with Crippen molar-refractivity contribution in [2.45, 2.75) is 19.8 Å². The molecule has 4 nitrogen and oxygen atoms in total. The monoisotopic (exact) mass is 247 g/mol. The Morgan fingerprint density at radius 3 is 2.78 bits per heavy atom. The van der Waals surface area contributed by atoms with E-state index in [9.17, 15) is 4.39 Å². The van der Waals surface area contributed by atoms with Gasteiger partial charge in [-0.3, -0.25) is 0 Å². The Morgan fingerprint density at radius 1 is 1.28 bits per heavy atom. The minimum absolute atomic E-state index is 0.123. The lowest BCUT2D eigenvalue weighted by Gasteiger charge is -2.07. The van der Waals surface area contributed by atoms with Gasteiger partial charge in [-0.25, -0.2) is 9.37 Å². The van der Waals surface area contributed by atoms with Gasteiger partial charge in [-0.15, -0.1) is 0 Å². The summed E-state index contributed by atoms with van der Waals surface area (Å²) >= 11 is 0. The fourth-order valence-electron chi connectivity index (χ4n) is 1.52. The summed E-state index contributed by atoms with van der Waals surface area (Å²) < 4.78 is 18.8. The summed E-state index contributed by atoms with van der Waals surface area (Å²) in [5.41, 5.74) is 5.66. The van der Waals surface area contributed by atoms with Crippen molar-refractivity contribution >= 4 is 5.82 Å². The standard InChI is InChI=1S/C13H14FN3O/c1-2-5-12-16-11(15)8-13(17-12)18-10-7-4-3-6-9(10)14/h3-4,6-8H,2,5H2,1H3,(H2,15,16,17). The number of nitrogen functional groups attached to an aromatic ring is 1. The van der Waals surface area contributed by atoms with Crippen LogP contribution in [0.3, 0.4) is 0 Å². The summed E-state index contributed by atoms with van der Waals surface area (Å²) in [6, 6.07) is 7.63. The first-order valence-corrected chi connectivity index (χ1v) is 5.75. The zero-order valence-corrected chi connectivity index (χ0v) is 10.1. The maximum Gasteiger partial charge on any atom is 0.224 e. The Bertz CT molecular complexity index is 546. The molecule has 18 heavy (non-hydrogen) atoms. The summed E-state index contributed by atoms with van der Waals surface area (Å²) in [6.45, 7) is 2.02. The Morgan fingerprint density at radius 2 is 2.06 bits per heavy atom. The molecule has 2 aromatic rings. The Hall–Kier alpha value is -2.17. The van der Waals surface area contributed by atoms with Crippen molar-refractivity contribution in [3.8, 4) is 11.6 Å². The Labute approximate surface area is 105 Å². The van der Waals surface area contributed by atoms with Crippen LogP contribution in [-0.4, -0.2) is 9.97 Å². The van der Waals surface area contributed by atoms with E-state index in [0.717, 1.165) is 6.42 Å². The average molecular weight is 247 g/mol. The van der Waals surface area contributed by atoms with Crippen molar-refractivity contribution in [3.05, 3.63) is 42.0 Å². The summed E-state index contributed by atoms with van der Waals surface area (Å²) in [4.78, 5) is 8.26. The van der Waals surface area contributed by atoms with E-state index in [1.54, 1.807) is 12.1 Å². The van der Waals surface area contributed by atoms with Crippen LogP contribution in [0.4, 0.5) is 10.2 Å². The van der Waals surface area contributed by atoms with E-state index in [2.05, 4.69) is 9.97 Å². The predicted octanol–water partition coefficient (Wildman–Crippen LogP) is 2.94. The smallest absolute Gasteiger partial charge is 0.224 e. The van der Waals surface area contributed by atoms with E-state index in [0.29, 0.717) is 18.1 Å². The van der Waals surface area contributed by atoms with Gasteiger partial charge in [0.25, 0.3) is 0 Å².